The second-order valence-electron chi connectivity index (χ2n) is 6.92. The second-order valence-corrected chi connectivity index (χ2v) is 6.92. The van der Waals surface area contributed by atoms with Crippen LogP contribution in [0.25, 0.3) is 22.2 Å². The van der Waals surface area contributed by atoms with Gasteiger partial charge in [0.1, 0.15) is 0 Å². The van der Waals surface area contributed by atoms with Crippen molar-refractivity contribution in [2.45, 2.75) is 31.2 Å². The Balaban J connectivity index is 1.57. The van der Waals surface area contributed by atoms with E-state index in [4.69, 9.17) is 15.2 Å². The van der Waals surface area contributed by atoms with Crippen LogP contribution >= 0.6 is 0 Å². The lowest BCUT2D eigenvalue weighted by Gasteiger charge is -2.24. The molecule has 0 saturated heterocycles. The quantitative estimate of drug-likeness (QED) is 0.783. The van der Waals surface area contributed by atoms with Gasteiger partial charge in [0.2, 0.25) is 11.7 Å². The van der Waals surface area contributed by atoms with E-state index in [9.17, 15) is 0 Å². The molecule has 2 aliphatic rings. The second kappa shape index (κ2) is 4.90. The molecule has 1 aromatic heterocycles. The van der Waals surface area contributed by atoms with Crippen LogP contribution in [0, 0.1) is 11.8 Å². The van der Waals surface area contributed by atoms with Crippen molar-refractivity contribution < 1.29 is 4.52 Å². The molecule has 0 amide bonds. The predicted octanol–water partition coefficient (Wildman–Crippen LogP) is 3.73. The van der Waals surface area contributed by atoms with Crippen LogP contribution in [0.3, 0.4) is 0 Å². The fourth-order valence-corrected chi connectivity index (χ4v) is 4.60. The highest BCUT2D eigenvalue weighted by Crippen LogP contribution is 2.51. The van der Waals surface area contributed by atoms with Crippen LogP contribution in [-0.4, -0.2) is 16.2 Å². The van der Waals surface area contributed by atoms with Gasteiger partial charge in [-0.15, -0.1) is 0 Å². The maximum Gasteiger partial charge on any atom is 0.231 e. The van der Waals surface area contributed by atoms with Gasteiger partial charge in [0.15, 0.2) is 0 Å². The minimum absolute atomic E-state index is 0.176. The normalized spacial score (nSPS) is 29.4. The van der Waals surface area contributed by atoms with Crippen molar-refractivity contribution >= 4 is 10.8 Å². The number of aromatic nitrogens is 2. The Labute approximate surface area is 134 Å². The molecule has 116 valence electrons. The van der Waals surface area contributed by atoms with Crippen molar-refractivity contribution in [1.82, 2.24) is 10.1 Å². The van der Waals surface area contributed by atoms with Gasteiger partial charge >= 0.3 is 0 Å². The van der Waals surface area contributed by atoms with E-state index >= 15 is 0 Å². The fourth-order valence-electron chi connectivity index (χ4n) is 4.60. The van der Waals surface area contributed by atoms with Gasteiger partial charge < -0.3 is 10.3 Å². The summed E-state index contributed by atoms with van der Waals surface area (Å²) < 4.78 is 5.63. The Kier molecular flexibility index (Phi) is 2.82. The lowest BCUT2D eigenvalue weighted by molar-refractivity contribution is 0.279. The van der Waals surface area contributed by atoms with Gasteiger partial charge in [-0.2, -0.15) is 4.98 Å². The van der Waals surface area contributed by atoms with E-state index in [1.54, 1.807) is 0 Å². The first-order valence-electron chi connectivity index (χ1n) is 8.38. The highest BCUT2D eigenvalue weighted by atomic mass is 16.5. The number of hydrogen-bond acceptors (Lipinski definition) is 4. The van der Waals surface area contributed by atoms with Gasteiger partial charge in [0.25, 0.3) is 0 Å². The van der Waals surface area contributed by atoms with Crippen molar-refractivity contribution in [3.63, 3.8) is 0 Å². The Morgan fingerprint density at radius 2 is 1.83 bits per heavy atom. The maximum atomic E-state index is 6.41. The average Bonchev–Trinajstić information content (AvgIpc) is 3.30. The zero-order valence-corrected chi connectivity index (χ0v) is 12.9. The molecule has 2 bridgehead atoms. The summed E-state index contributed by atoms with van der Waals surface area (Å²) in [5.41, 5.74) is 7.43. The maximum absolute atomic E-state index is 6.41. The van der Waals surface area contributed by atoms with Crippen LogP contribution in [0.2, 0.25) is 0 Å². The average molecular weight is 305 g/mol. The van der Waals surface area contributed by atoms with Gasteiger partial charge in [-0.25, -0.2) is 0 Å². The van der Waals surface area contributed by atoms with Crippen molar-refractivity contribution in [1.29, 1.82) is 0 Å². The third kappa shape index (κ3) is 1.94. The summed E-state index contributed by atoms with van der Waals surface area (Å²) in [6.07, 6.45) is 3.72. The van der Waals surface area contributed by atoms with Crippen LogP contribution < -0.4 is 5.73 Å². The van der Waals surface area contributed by atoms with E-state index in [0.717, 1.165) is 16.8 Å². The third-order valence-corrected chi connectivity index (χ3v) is 5.74. The lowest BCUT2D eigenvalue weighted by atomic mass is 9.85. The van der Waals surface area contributed by atoms with Crippen LogP contribution in [0.15, 0.2) is 47.0 Å². The number of fused-ring (bicyclic) bond motifs is 3. The molecule has 4 unspecified atom stereocenters. The topological polar surface area (TPSA) is 64.9 Å². The number of hydrogen-bond donors (Lipinski definition) is 1. The largest absolute Gasteiger partial charge is 0.339 e. The van der Waals surface area contributed by atoms with Crippen molar-refractivity contribution in [2.24, 2.45) is 17.6 Å². The molecule has 2 aliphatic carbocycles. The van der Waals surface area contributed by atoms with Gasteiger partial charge in [-0.1, -0.05) is 47.6 Å². The van der Waals surface area contributed by atoms with Crippen molar-refractivity contribution in [3.8, 4) is 11.4 Å². The molecule has 4 nitrogen and oxygen atoms in total. The summed E-state index contributed by atoms with van der Waals surface area (Å²) in [7, 11) is 0. The van der Waals surface area contributed by atoms with Gasteiger partial charge in [-0.05, 0) is 41.9 Å². The molecule has 2 saturated carbocycles. The molecule has 0 spiro atoms. The smallest absolute Gasteiger partial charge is 0.231 e. The highest BCUT2D eigenvalue weighted by Gasteiger charge is 2.48. The molecular weight excluding hydrogens is 286 g/mol. The number of nitrogens with zero attached hydrogens (tertiary/aromatic N) is 2. The lowest BCUT2D eigenvalue weighted by Crippen LogP contribution is -2.34. The van der Waals surface area contributed by atoms with Crippen LogP contribution in [-0.2, 0) is 0 Å². The summed E-state index contributed by atoms with van der Waals surface area (Å²) in [4.78, 5) is 4.72. The van der Waals surface area contributed by atoms with E-state index in [-0.39, 0.29) is 12.0 Å². The summed E-state index contributed by atoms with van der Waals surface area (Å²) >= 11 is 0. The van der Waals surface area contributed by atoms with E-state index in [2.05, 4.69) is 29.4 Å². The van der Waals surface area contributed by atoms with Crippen LogP contribution in [0.5, 0.6) is 0 Å². The van der Waals surface area contributed by atoms with E-state index in [1.165, 1.54) is 24.6 Å². The predicted molar refractivity (Wildman–Crippen MR) is 88.8 cm³/mol. The fraction of sp³-hybridized carbons (Fsp3) is 0.368. The molecule has 2 aromatic carbocycles. The minimum Gasteiger partial charge on any atom is -0.339 e. The highest BCUT2D eigenvalue weighted by molar-refractivity contribution is 5.94. The van der Waals surface area contributed by atoms with E-state index in [1.807, 2.05) is 18.2 Å². The monoisotopic (exact) mass is 305 g/mol. The molecule has 0 radical (unpaired) electrons. The molecule has 3 aromatic rings. The molecule has 2 fully saturated rings. The molecule has 5 rings (SSSR count). The first kappa shape index (κ1) is 13.3. The molecule has 0 aliphatic heterocycles. The van der Waals surface area contributed by atoms with Crippen LogP contribution in [0.1, 0.15) is 31.1 Å². The van der Waals surface area contributed by atoms with Crippen molar-refractivity contribution in [2.75, 3.05) is 0 Å². The Hall–Kier alpha value is -2.20. The van der Waals surface area contributed by atoms with E-state index in [0.29, 0.717) is 17.7 Å². The first-order chi connectivity index (χ1) is 11.3. The van der Waals surface area contributed by atoms with Crippen molar-refractivity contribution in [3.05, 3.63) is 48.4 Å². The molecule has 23 heavy (non-hydrogen) atoms. The van der Waals surface area contributed by atoms with E-state index < -0.39 is 0 Å². The standard InChI is InChI=1S/C19H19N3O/c20-17-13-9-8-12(10-13)16(17)19-21-18(22-23-19)15-7-3-5-11-4-1-2-6-14(11)15/h1-7,12-13,16-17H,8-10,20H2. The molecule has 4 heteroatoms. The Morgan fingerprint density at radius 3 is 2.70 bits per heavy atom. The Morgan fingerprint density at radius 1 is 1.00 bits per heavy atom. The molecule has 1 heterocycles. The summed E-state index contributed by atoms with van der Waals surface area (Å²) in [5.74, 6) is 2.90. The minimum atomic E-state index is 0.176. The number of rotatable bonds is 2. The Bertz CT molecular complexity index is 864. The zero-order valence-electron chi connectivity index (χ0n) is 12.9. The summed E-state index contributed by atoms with van der Waals surface area (Å²) in [5, 5.41) is 6.60. The first-order valence-corrected chi connectivity index (χ1v) is 8.38. The number of benzene rings is 2. The summed E-state index contributed by atoms with van der Waals surface area (Å²) in [6.45, 7) is 0. The van der Waals surface area contributed by atoms with Gasteiger partial charge in [-0.3, -0.25) is 0 Å². The van der Waals surface area contributed by atoms with Gasteiger partial charge in [0, 0.05) is 11.6 Å². The third-order valence-electron chi connectivity index (χ3n) is 5.74. The molecular formula is C19H19N3O. The molecule has 4 atom stereocenters. The SMILES string of the molecule is NC1C2CCC(C2)C1c1nc(-c2cccc3ccccc23)no1. The molecule has 2 N–H and O–H groups in total. The van der Waals surface area contributed by atoms with Crippen LogP contribution in [0.4, 0.5) is 0 Å². The zero-order chi connectivity index (χ0) is 15.4. The number of nitrogens with two attached hydrogens (primary N) is 1. The van der Waals surface area contributed by atoms with Gasteiger partial charge in [0.05, 0.1) is 5.92 Å². The summed E-state index contributed by atoms with van der Waals surface area (Å²) in [6, 6.07) is 14.7.